The smallest absolute Gasteiger partial charge is 0.364 e. The molecule has 0 spiro atoms. The van der Waals surface area contributed by atoms with Crippen molar-refractivity contribution in [3.05, 3.63) is 80.8 Å². The second-order valence-electron chi connectivity index (χ2n) is 8.31. The van der Waals surface area contributed by atoms with Crippen molar-refractivity contribution in [3.8, 4) is 0 Å². The number of hydrogen-bond donors (Lipinski definition) is 2. The van der Waals surface area contributed by atoms with Gasteiger partial charge in [-0.05, 0) is 49.3 Å². The van der Waals surface area contributed by atoms with Crippen LogP contribution in [-0.4, -0.2) is 52.6 Å². The van der Waals surface area contributed by atoms with Crippen molar-refractivity contribution in [2.45, 2.75) is 38.7 Å². The molecule has 184 valence electrons. The van der Waals surface area contributed by atoms with E-state index in [1.807, 2.05) is 0 Å². The first-order valence-electron chi connectivity index (χ1n) is 10.8. The molecule has 8 nitrogen and oxygen atoms in total. The summed E-state index contributed by atoms with van der Waals surface area (Å²) in [5, 5.41) is 22.0. The maximum atomic E-state index is 13.5. The van der Waals surface area contributed by atoms with E-state index in [1.54, 1.807) is 37.4 Å². The van der Waals surface area contributed by atoms with Gasteiger partial charge in [0.1, 0.15) is 5.82 Å². The van der Waals surface area contributed by atoms with Crippen LogP contribution in [-0.2, 0) is 17.9 Å². The molecule has 1 fully saturated rings. The Balaban J connectivity index is 1.38. The van der Waals surface area contributed by atoms with Gasteiger partial charge in [0, 0.05) is 11.0 Å². The third-order valence-electron chi connectivity index (χ3n) is 5.60. The first-order valence-corrected chi connectivity index (χ1v) is 11.7. The molecule has 12 heteroatoms. The van der Waals surface area contributed by atoms with Crippen LogP contribution in [0, 0.1) is 6.92 Å². The molecule has 0 saturated carbocycles. The largest absolute Gasteiger partial charge is 0.417 e. The summed E-state index contributed by atoms with van der Waals surface area (Å²) in [5.41, 5.74) is 5.11. The molecule has 2 aromatic heterocycles. The molecule has 1 aliphatic carbocycles. The van der Waals surface area contributed by atoms with Gasteiger partial charge >= 0.3 is 6.18 Å². The number of amides is 1. The quantitative estimate of drug-likeness (QED) is 0.396. The highest BCUT2D eigenvalue weighted by atomic mass is 32.2. The number of allylic oxidation sites excluding steroid dienone is 4. The van der Waals surface area contributed by atoms with Crippen LogP contribution in [0.4, 0.5) is 13.2 Å². The minimum Gasteiger partial charge on any atom is -0.364 e. The molecule has 2 N–H and O–H groups in total. The number of fused-ring (bicyclic) bond motifs is 1. The zero-order chi connectivity index (χ0) is 25.6. The molecule has 0 bridgehead atoms. The van der Waals surface area contributed by atoms with Gasteiger partial charge in [0.05, 0.1) is 35.3 Å². The zero-order valence-electron chi connectivity index (χ0n) is 19.1. The number of carbonyl (C=O) groups is 1. The van der Waals surface area contributed by atoms with E-state index in [0.717, 1.165) is 17.8 Å². The molecule has 1 aromatic carbocycles. The van der Waals surface area contributed by atoms with Gasteiger partial charge < -0.3 is 5.11 Å². The summed E-state index contributed by atoms with van der Waals surface area (Å²) in [5.74, 6) is 0.653. The molecule has 1 atom stereocenters. The lowest BCUT2D eigenvalue weighted by molar-refractivity contribution is -0.130. The van der Waals surface area contributed by atoms with Gasteiger partial charge in [0.2, 0.25) is 0 Å². The fourth-order valence-electron chi connectivity index (χ4n) is 3.91. The molecule has 1 unspecified atom stereocenters. The number of hydrogen-bond acceptors (Lipinski definition) is 6. The van der Waals surface area contributed by atoms with Gasteiger partial charge in [-0.3, -0.25) is 19.5 Å². The fourth-order valence-corrected chi connectivity index (χ4v) is 4.86. The first-order chi connectivity index (χ1) is 17.1. The third-order valence-corrected chi connectivity index (χ3v) is 6.61. The van der Waals surface area contributed by atoms with Crippen LogP contribution in [0.2, 0.25) is 0 Å². The van der Waals surface area contributed by atoms with Gasteiger partial charge in [-0.25, -0.2) is 4.98 Å². The van der Waals surface area contributed by atoms with Crippen LogP contribution >= 0.6 is 11.8 Å². The minimum atomic E-state index is -4.51. The van der Waals surface area contributed by atoms with E-state index in [0.29, 0.717) is 38.6 Å². The third kappa shape index (κ3) is 4.67. The van der Waals surface area contributed by atoms with Crippen LogP contribution in [0.3, 0.4) is 0 Å². The molecule has 5 rings (SSSR count). The van der Waals surface area contributed by atoms with Crippen LogP contribution < -0.4 is 0 Å². The number of aliphatic hydroxyl groups excluding tert-OH is 1. The molecule has 3 aromatic rings. The standard InChI is InChI=1S/C24H19F3N6O2S/c1-13-3-5-16(18(7-13)24(25,26)27)11-33-19-6-4-15(8-17(19)10-28-33)9-20-22(34)32(23(35)36-20)12-21-29-14(2)30-31-21/h4,6-10,23,35H,11-12H2,1-2H3,(H,29,30,31)/b20-9-. The van der Waals surface area contributed by atoms with Gasteiger partial charge in [0.25, 0.3) is 5.91 Å². The Labute approximate surface area is 207 Å². The number of thioether (sulfide) groups is 1. The molecule has 1 saturated heterocycles. The summed E-state index contributed by atoms with van der Waals surface area (Å²) in [6.45, 7) is 3.22. The Kier molecular flexibility index (Phi) is 5.97. The highest BCUT2D eigenvalue weighted by Gasteiger charge is 2.37. The van der Waals surface area contributed by atoms with E-state index in [9.17, 15) is 23.1 Å². The number of alkyl halides is 3. The van der Waals surface area contributed by atoms with Gasteiger partial charge in [-0.1, -0.05) is 29.3 Å². The van der Waals surface area contributed by atoms with E-state index in [2.05, 4.69) is 31.7 Å². The van der Waals surface area contributed by atoms with E-state index >= 15 is 0 Å². The average molecular weight is 513 g/mol. The molecule has 1 aliphatic heterocycles. The fraction of sp³-hybridized carbons (Fsp3) is 0.250. The number of H-pyrrole nitrogens is 1. The van der Waals surface area contributed by atoms with Crippen LogP contribution in [0.5, 0.6) is 0 Å². The topological polar surface area (TPSA) is 99.9 Å². The lowest BCUT2D eigenvalue weighted by atomic mass is 10.0. The predicted octanol–water partition coefficient (Wildman–Crippen LogP) is 3.98. The number of benzene rings is 1. The Morgan fingerprint density at radius 3 is 2.78 bits per heavy atom. The number of rotatable bonds is 5. The highest BCUT2D eigenvalue weighted by Crippen LogP contribution is 2.36. The number of aromatic amines is 1. The lowest BCUT2D eigenvalue weighted by Gasteiger charge is -2.16. The minimum absolute atomic E-state index is 0.0482. The molecular weight excluding hydrogens is 493 g/mol. The molecule has 36 heavy (non-hydrogen) atoms. The summed E-state index contributed by atoms with van der Waals surface area (Å²) in [6, 6.07) is 5.25. The van der Waals surface area contributed by atoms with Crippen LogP contribution in [0.1, 0.15) is 24.1 Å². The Hall–Kier alpha value is -3.82. The van der Waals surface area contributed by atoms with E-state index < -0.39 is 17.3 Å². The Morgan fingerprint density at radius 2 is 2.06 bits per heavy atom. The van der Waals surface area contributed by atoms with Crippen molar-refractivity contribution >= 4 is 34.6 Å². The predicted molar refractivity (Wildman–Crippen MR) is 127 cm³/mol. The van der Waals surface area contributed by atoms with Crippen molar-refractivity contribution in [1.29, 1.82) is 0 Å². The molecule has 1 amide bonds. The number of aryl methyl sites for hydroxylation is 1. The summed E-state index contributed by atoms with van der Waals surface area (Å²) in [7, 11) is 0. The monoisotopic (exact) mass is 512 g/mol. The molecule has 3 heterocycles. The summed E-state index contributed by atoms with van der Waals surface area (Å²) in [6.07, 6.45) is -0.247. The number of carbonyl (C=O) groups excluding carboxylic acids is 1. The number of halogens is 3. The maximum Gasteiger partial charge on any atom is 0.417 e. The highest BCUT2D eigenvalue weighted by molar-refractivity contribution is 8.05. The Morgan fingerprint density at radius 1 is 1.25 bits per heavy atom. The van der Waals surface area contributed by atoms with Crippen LogP contribution in [0.25, 0.3) is 17.0 Å². The lowest BCUT2D eigenvalue weighted by Crippen LogP contribution is -2.32. The summed E-state index contributed by atoms with van der Waals surface area (Å²) >= 11 is 1.01. The number of nitrogens with zero attached hydrogens (tertiary/aromatic N) is 5. The average Bonchev–Trinajstić information content (AvgIpc) is 3.48. The van der Waals surface area contributed by atoms with Crippen molar-refractivity contribution < 1.29 is 23.1 Å². The van der Waals surface area contributed by atoms with Gasteiger partial charge in [-0.15, -0.1) is 0 Å². The normalized spacial score (nSPS) is 19.3. The number of nitrogens with one attached hydrogen (secondary N) is 1. The van der Waals surface area contributed by atoms with Crippen molar-refractivity contribution in [2.24, 2.45) is 0 Å². The van der Waals surface area contributed by atoms with Gasteiger partial charge in [-0.2, -0.15) is 23.4 Å². The van der Waals surface area contributed by atoms with Crippen LogP contribution in [0.15, 0.2) is 63.6 Å². The molecule has 2 aliphatic rings. The maximum absolute atomic E-state index is 13.5. The van der Waals surface area contributed by atoms with Crippen molar-refractivity contribution in [2.75, 3.05) is 0 Å². The van der Waals surface area contributed by atoms with Crippen molar-refractivity contribution in [1.82, 2.24) is 29.9 Å². The summed E-state index contributed by atoms with van der Waals surface area (Å²) in [4.78, 5) is 18.6. The Bertz CT molecular complexity index is 1550. The van der Waals surface area contributed by atoms with E-state index in [-0.39, 0.29) is 24.6 Å². The van der Waals surface area contributed by atoms with Crippen molar-refractivity contribution in [3.63, 3.8) is 0 Å². The SMILES string of the molecule is CC1=C=C=C(Cn2ncc3cc(/C=C4\SC(O)N(Cc5n[nH]c(C)n5)C4=O)ccc32)C(C(F)(F)F)=C1. The first kappa shape index (κ1) is 23.9. The van der Waals surface area contributed by atoms with E-state index in [1.165, 1.54) is 16.5 Å². The summed E-state index contributed by atoms with van der Waals surface area (Å²) < 4.78 is 42.0. The molecule has 0 radical (unpaired) electrons. The second kappa shape index (κ2) is 9.00. The molecular formula is C24H19F3N6O2S. The number of aromatic nitrogens is 5. The zero-order valence-corrected chi connectivity index (χ0v) is 19.9. The number of aliphatic hydroxyl groups is 1. The van der Waals surface area contributed by atoms with Gasteiger partial charge in [0.15, 0.2) is 11.4 Å². The van der Waals surface area contributed by atoms with E-state index in [4.69, 9.17) is 0 Å². The second-order valence-corrected chi connectivity index (χ2v) is 9.41.